The zero-order valence-electron chi connectivity index (χ0n) is 10.3. The summed E-state index contributed by atoms with van der Waals surface area (Å²) in [6.45, 7) is 3.45. The minimum absolute atomic E-state index is 0.153. The summed E-state index contributed by atoms with van der Waals surface area (Å²) in [7, 11) is -2.27. The third kappa shape index (κ3) is 3.18. The van der Waals surface area contributed by atoms with Crippen LogP contribution in [0.25, 0.3) is 0 Å². The molecular weight excluding hydrogens is 257 g/mol. The van der Waals surface area contributed by atoms with Crippen LogP contribution < -0.4 is 4.72 Å². The van der Waals surface area contributed by atoms with Crippen molar-refractivity contribution in [3.63, 3.8) is 0 Å². The Balaban J connectivity index is 3.03. The van der Waals surface area contributed by atoms with E-state index in [1.807, 2.05) is 0 Å². The molecule has 0 saturated heterocycles. The SMILES string of the molecule is CC(C)N(C)S(=O)(=O)Nc1ccc(F)c(C#N)c1. The van der Waals surface area contributed by atoms with Gasteiger partial charge < -0.3 is 0 Å². The predicted octanol–water partition coefficient (Wildman–Crippen LogP) is 1.69. The number of nitriles is 1. The molecule has 1 rings (SSSR count). The Morgan fingerprint density at radius 3 is 2.56 bits per heavy atom. The maximum absolute atomic E-state index is 13.1. The highest BCUT2D eigenvalue weighted by atomic mass is 32.2. The molecule has 5 nitrogen and oxygen atoms in total. The molecule has 0 aliphatic carbocycles. The van der Waals surface area contributed by atoms with Gasteiger partial charge in [-0.25, -0.2) is 4.39 Å². The van der Waals surface area contributed by atoms with Crippen LogP contribution in [0.15, 0.2) is 18.2 Å². The van der Waals surface area contributed by atoms with E-state index in [4.69, 9.17) is 5.26 Å². The van der Waals surface area contributed by atoms with Crippen LogP contribution in [0.1, 0.15) is 19.4 Å². The van der Waals surface area contributed by atoms with E-state index >= 15 is 0 Å². The minimum atomic E-state index is -3.70. The number of hydrogen-bond donors (Lipinski definition) is 1. The first-order valence-corrected chi connectivity index (χ1v) is 6.67. The molecule has 0 bridgehead atoms. The third-order valence-corrected chi connectivity index (χ3v) is 4.11. The van der Waals surface area contributed by atoms with E-state index in [0.29, 0.717) is 0 Å². The van der Waals surface area contributed by atoms with Crippen molar-refractivity contribution >= 4 is 15.9 Å². The minimum Gasteiger partial charge on any atom is -0.271 e. The van der Waals surface area contributed by atoms with Gasteiger partial charge in [0.25, 0.3) is 0 Å². The van der Waals surface area contributed by atoms with Crippen LogP contribution in [0, 0.1) is 17.1 Å². The van der Waals surface area contributed by atoms with Crippen molar-refractivity contribution in [3.05, 3.63) is 29.6 Å². The Morgan fingerprint density at radius 2 is 2.06 bits per heavy atom. The molecule has 0 aliphatic heterocycles. The first-order valence-electron chi connectivity index (χ1n) is 5.23. The van der Waals surface area contributed by atoms with Gasteiger partial charge in [-0.3, -0.25) is 4.72 Å². The number of nitrogens with zero attached hydrogens (tertiary/aromatic N) is 2. The van der Waals surface area contributed by atoms with Gasteiger partial charge in [0.2, 0.25) is 0 Å². The molecule has 0 fully saturated rings. The Bertz CT molecular complexity index is 578. The fourth-order valence-electron chi connectivity index (χ4n) is 1.17. The molecule has 0 spiro atoms. The highest BCUT2D eigenvalue weighted by molar-refractivity contribution is 7.90. The van der Waals surface area contributed by atoms with Gasteiger partial charge in [-0.2, -0.15) is 18.0 Å². The second-order valence-electron chi connectivity index (χ2n) is 4.02. The summed E-state index contributed by atoms with van der Waals surface area (Å²) in [4.78, 5) is 0. The van der Waals surface area contributed by atoms with Crippen LogP contribution in [0.5, 0.6) is 0 Å². The Hall–Kier alpha value is -1.65. The van der Waals surface area contributed by atoms with Crippen LogP contribution in [0.3, 0.4) is 0 Å². The Kier molecular flexibility index (Phi) is 4.27. The average molecular weight is 271 g/mol. The van der Waals surface area contributed by atoms with Crippen LogP contribution in [-0.2, 0) is 10.2 Å². The normalized spacial score (nSPS) is 11.6. The summed E-state index contributed by atoms with van der Waals surface area (Å²) in [5.74, 6) is -0.683. The van der Waals surface area contributed by atoms with Crippen LogP contribution in [0.2, 0.25) is 0 Å². The van der Waals surface area contributed by atoms with E-state index < -0.39 is 16.0 Å². The largest absolute Gasteiger partial charge is 0.301 e. The van der Waals surface area contributed by atoms with Crippen LogP contribution in [0.4, 0.5) is 10.1 Å². The first kappa shape index (κ1) is 14.4. The highest BCUT2D eigenvalue weighted by Crippen LogP contribution is 2.16. The van der Waals surface area contributed by atoms with Gasteiger partial charge in [0.05, 0.1) is 11.3 Å². The lowest BCUT2D eigenvalue weighted by Crippen LogP contribution is -2.37. The standard InChI is InChI=1S/C11H14FN3O2S/c1-8(2)15(3)18(16,17)14-10-4-5-11(12)9(6-10)7-13/h4-6,8,14H,1-3H3. The molecule has 1 aromatic rings. The van der Waals surface area contributed by atoms with Gasteiger partial charge in [0.1, 0.15) is 11.9 Å². The van der Waals surface area contributed by atoms with E-state index in [9.17, 15) is 12.8 Å². The summed E-state index contributed by atoms with van der Waals surface area (Å²) < 4.78 is 40.2. The molecule has 0 atom stereocenters. The fraction of sp³-hybridized carbons (Fsp3) is 0.364. The molecule has 0 aromatic heterocycles. The smallest absolute Gasteiger partial charge is 0.271 e. The van der Waals surface area contributed by atoms with Gasteiger partial charge in [0, 0.05) is 13.1 Å². The summed E-state index contributed by atoms with van der Waals surface area (Å²) in [6, 6.07) is 4.91. The Morgan fingerprint density at radius 1 is 1.44 bits per heavy atom. The van der Waals surface area contributed by atoms with Crippen molar-refractivity contribution in [3.8, 4) is 6.07 Å². The predicted molar refractivity (Wildman–Crippen MR) is 66.6 cm³/mol. The molecule has 18 heavy (non-hydrogen) atoms. The molecule has 0 amide bonds. The van der Waals surface area contributed by atoms with Crippen molar-refractivity contribution in [2.24, 2.45) is 0 Å². The summed E-state index contributed by atoms with van der Waals surface area (Å²) in [5, 5.41) is 8.66. The molecule has 98 valence electrons. The molecule has 0 radical (unpaired) electrons. The van der Waals surface area contributed by atoms with Crippen molar-refractivity contribution < 1.29 is 12.8 Å². The van der Waals surface area contributed by atoms with Gasteiger partial charge in [-0.05, 0) is 32.0 Å². The maximum atomic E-state index is 13.1. The number of benzene rings is 1. The second-order valence-corrected chi connectivity index (χ2v) is 5.75. The number of anilines is 1. The number of halogens is 1. The fourth-order valence-corrected chi connectivity index (χ4v) is 2.30. The van der Waals surface area contributed by atoms with Crippen molar-refractivity contribution in [2.75, 3.05) is 11.8 Å². The van der Waals surface area contributed by atoms with E-state index in [-0.39, 0.29) is 17.3 Å². The highest BCUT2D eigenvalue weighted by Gasteiger charge is 2.20. The van der Waals surface area contributed by atoms with Crippen molar-refractivity contribution in [1.29, 1.82) is 5.26 Å². The molecule has 0 heterocycles. The number of rotatable bonds is 4. The van der Waals surface area contributed by atoms with Crippen molar-refractivity contribution in [1.82, 2.24) is 4.31 Å². The summed E-state index contributed by atoms with van der Waals surface area (Å²) in [6.07, 6.45) is 0. The average Bonchev–Trinajstić information content (AvgIpc) is 2.30. The molecule has 0 unspecified atom stereocenters. The second kappa shape index (κ2) is 5.33. The van der Waals surface area contributed by atoms with Gasteiger partial charge in [-0.15, -0.1) is 0 Å². The maximum Gasteiger partial charge on any atom is 0.301 e. The molecule has 0 aliphatic rings. The zero-order valence-corrected chi connectivity index (χ0v) is 11.1. The molecule has 1 aromatic carbocycles. The lowest BCUT2D eigenvalue weighted by Gasteiger charge is -2.21. The summed E-state index contributed by atoms with van der Waals surface area (Å²) >= 11 is 0. The molecule has 0 saturated carbocycles. The zero-order chi connectivity index (χ0) is 13.9. The third-order valence-electron chi connectivity index (χ3n) is 2.44. The number of nitrogens with one attached hydrogen (secondary N) is 1. The van der Waals surface area contributed by atoms with Gasteiger partial charge in [0.15, 0.2) is 0 Å². The topological polar surface area (TPSA) is 73.2 Å². The molecule has 1 N–H and O–H groups in total. The number of hydrogen-bond acceptors (Lipinski definition) is 3. The van der Waals surface area contributed by atoms with E-state index in [0.717, 1.165) is 16.4 Å². The van der Waals surface area contributed by atoms with E-state index in [1.54, 1.807) is 19.9 Å². The van der Waals surface area contributed by atoms with Gasteiger partial charge >= 0.3 is 10.2 Å². The molecular formula is C11H14FN3O2S. The first-order chi connectivity index (χ1) is 8.27. The lowest BCUT2D eigenvalue weighted by molar-refractivity contribution is 0.414. The van der Waals surface area contributed by atoms with Gasteiger partial charge in [-0.1, -0.05) is 0 Å². The molecule has 7 heteroatoms. The Labute approximate surface area is 106 Å². The monoisotopic (exact) mass is 271 g/mol. The van der Waals surface area contributed by atoms with Crippen molar-refractivity contribution in [2.45, 2.75) is 19.9 Å². The van der Waals surface area contributed by atoms with E-state index in [1.165, 1.54) is 13.1 Å². The lowest BCUT2D eigenvalue weighted by atomic mass is 10.2. The van der Waals surface area contributed by atoms with Crippen LogP contribution in [-0.4, -0.2) is 25.8 Å². The van der Waals surface area contributed by atoms with E-state index in [2.05, 4.69) is 4.72 Å². The summed E-state index contributed by atoms with van der Waals surface area (Å²) in [5.41, 5.74) is -0.0529. The quantitative estimate of drug-likeness (QED) is 0.905. The van der Waals surface area contributed by atoms with Crippen LogP contribution >= 0.6 is 0 Å².